The Balaban J connectivity index is 1.85. The van der Waals surface area contributed by atoms with Gasteiger partial charge in [0.15, 0.2) is 11.6 Å². The number of nitrogens with zero attached hydrogens (tertiary/aromatic N) is 2. The van der Waals surface area contributed by atoms with Crippen LogP contribution in [0.5, 0.6) is 0 Å². The molecule has 4 nitrogen and oxygen atoms in total. The summed E-state index contributed by atoms with van der Waals surface area (Å²) in [6.45, 7) is 7.41. The van der Waals surface area contributed by atoms with Gasteiger partial charge >= 0.3 is 6.03 Å². The fourth-order valence-corrected chi connectivity index (χ4v) is 2.77. The molecule has 1 fully saturated rings. The molecule has 1 aromatic rings. The predicted molar refractivity (Wildman–Crippen MR) is 83.0 cm³/mol. The highest BCUT2D eigenvalue weighted by atomic mass is 19.2. The van der Waals surface area contributed by atoms with Gasteiger partial charge in [-0.1, -0.05) is 0 Å². The number of urea groups is 1. The lowest BCUT2D eigenvalue weighted by Gasteiger charge is -2.21. The van der Waals surface area contributed by atoms with Gasteiger partial charge in [0.1, 0.15) is 0 Å². The molecule has 0 aliphatic carbocycles. The largest absolute Gasteiger partial charge is 0.371 e. The van der Waals surface area contributed by atoms with Crippen LogP contribution >= 0.6 is 0 Å². The first-order chi connectivity index (χ1) is 10.5. The minimum atomic E-state index is -0.828. The maximum atomic E-state index is 13.3. The minimum Gasteiger partial charge on any atom is -0.371 e. The van der Waals surface area contributed by atoms with Gasteiger partial charge < -0.3 is 15.1 Å². The molecule has 0 bridgehead atoms. The Hall–Kier alpha value is -1.85. The van der Waals surface area contributed by atoms with Crippen molar-refractivity contribution in [2.24, 2.45) is 5.92 Å². The second-order valence-electron chi connectivity index (χ2n) is 5.56. The molecule has 1 N–H and O–H groups in total. The number of anilines is 1. The molecule has 22 heavy (non-hydrogen) atoms. The number of halogens is 2. The molecular weight excluding hydrogens is 288 g/mol. The van der Waals surface area contributed by atoms with Gasteiger partial charge in [-0.15, -0.1) is 0 Å². The number of benzene rings is 1. The van der Waals surface area contributed by atoms with Crippen LogP contribution in [0.25, 0.3) is 0 Å². The Labute approximate surface area is 130 Å². The number of nitrogens with one attached hydrogen (secondary N) is 1. The minimum absolute atomic E-state index is 0.0451. The monoisotopic (exact) mass is 311 g/mol. The zero-order valence-corrected chi connectivity index (χ0v) is 13.1. The molecule has 1 unspecified atom stereocenters. The van der Waals surface area contributed by atoms with Gasteiger partial charge in [-0.2, -0.15) is 0 Å². The Morgan fingerprint density at radius 1 is 1.32 bits per heavy atom. The van der Waals surface area contributed by atoms with Gasteiger partial charge in [-0.3, -0.25) is 0 Å². The van der Waals surface area contributed by atoms with Crippen LogP contribution in [0.4, 0.5) is 19.3 Å². The van der Waals surface area contributed by atoms with Gasteiger partial charge in [0.25, 0.3) is 0 Å². The van der Waals surface area contributed by atoms with Crippen molar-refractivity contribution in [3.8, 4) is 0 Å². The fourth-order valence-electron chi connectivity index (χ4n) is 2.77. The summed E-state index contributed by atoms with van der Waals surface area (Å²) in [5.74, 6) is -1.32. The van der Waals surface area contributed by atoms with Gasteiger partial charge in [0, 0.05) is 44.5 Å². The lowest BCUT2D eigenvalue weighted by molar-refractivity contribution is 0.201. The van der Waals surface area contributed by atoms with E-state index in [1.807, 2.05) is 18.7 Å². The Morgan fingerprint density at radius 3 is 2.68 bits per heavy atom. The van der Waals surface area contributed by atoms with E-state index in [2.05, 4.69) is 5.32 Å². The highest BCUT2D eigenvalue weighted by Crippen LogP contribution is 2.24. The average Bonchev–Trinajstić information content (AvgIpc) is 2.98. The topological polar surface area (TPSA) is 35.6 Å². The van der Waals surface area contributed by atoms with Crippen molar-refractivity contribution in [2.75, 3.05) is 37.6 Å². The van der Waals surface area contributed by atoms with Crippen LogP contribution in [0.2, 0.25) is 0 Å². The van der Waals surface area contributed by atoms with E-state index in [-0.39, 0.29) is 6.03 Å². The quantitative estimate of drug-likeness (QED) is 0.907. The van der Waals surface area contributed by atoms with Crippen LogP contribution in [0.1, 0.15) is 20.3 Å². The van der Waals surface area contributed by atoms with Crippen LogP contribution in [-0.4, -0.2) is 43.7 Å². The van der Waals surface area contributed by atoms with E-state index in [1.54, 1.807) is 11.0 Å². The Kier molecular flexibility index (Phi) is 5.57. The Bertz CT molecular complexity index is 520. The summed E-state index contributed by atoms with van der Waals surface area (Å²) in [5, 5.41) is 2.95. The molecule has 0 spiro atoms. The van der Waals surface area contributed by atoms with E-state index in [0.29, 0.717) is 31.2 Å². The smallest absolute Gasteiger partial charge is 0.317 e. The standard InChI is InChI=1S/C16H23F2N3O/c1-3-20(4-2)16(22)19-10-12-7-8-21(11-12)13-5-6-14(17)15(18)9-13/h5-6,9,12H,3-4,7-8,10-11H2,1-2H3,(H,19,22). The molecule has 1 aromatic carbocycles. The normalized spacial score (nSPS) is 17.6. The number of hydrogen-bond acceptors (Lipinski definition) is 2. The second kappa shape index (κ2) is 7.42. The van der Waals surface area contributed by atoms with Crippen molar-refractivity contribution in [2.45, 2.75) is 20.3 Å². The third-order valence-corrected chi connectivity index (χ3v) is 4.15. The first kappa shape index (κ1) is 16.5. The van der Waals surface area contributed by atoms with Crippen molar-refractivity contribution in [3.05, 3.63) is 29.8 Å². The summed E-state index contributed by atoms with van der Waals surface area (Å²) in [5.41, 5.74) is 0.691. The second-order valence-corrected chi connectivity index (χ2v) is 5.56. The zero-order valence-electron chi connectivity index (χ0n) is 13.1. The molecule has 1 aliphatic rings. The summed E-state index contributed by atoms with van der Waals surface area (Å²) in [6.07, 6.45) is 0.928. The third-order valence-electron chi connectivity index (χ3n) is 4.15. The van der Waals surface area contributed by atoms with Crippen LogP contribution in [0, 0.1) is 17.6 Å². The molecule has 0 radical (unpaired) electrons. The van der Waals surface area contributed by atoms with Gasteiger partial charge in [0.2, 0.25) is 0 Å². The van der Waals surface area contributed by atoms with E-state index >= 15 is 0 Å². The zero-order chi connectivity index (χ0) is 16.1. The first-order valence-corrected chi connectivity index (χ1v) is 7.77. The molecule has 0 aromatic heterocycles. The summed E-state index contributed by atoms with van der Waals surface area (Å²) in [6, 6.07) is 3.93. The summed E-state index contributed by atoms with van der Waals surface area (Å²) >= 11 is 0. The van der Waals surface area contributed by atoms with Crippen LogP contribution < -0.4 is 10.2 Å². The number of hydrogen-bond donors (Lipinski definition) is 1. The maximum Gasteiger partial charge on any atom is 0.317 e. The molecular formula is C16H23F2N3O. The fraction of sp³-hybridized carbons (Fsp3) is 0.562. The van der Waals surface area contributed by atoms with Gasteiger partial charge in [0.05, 0.1) is 0 Å². The van der Waals surface area contributed by atoms with Crippen molar-refractivity contribution in [3.63, 3.8) is 0 Å². The van der Waals surface area contributed by atoms with Crippen molar-refractivity contribution >= 4 is 11.7 Å². The lowest BCUT2D eigenvalue weighted by atomic mass is 10.1. The molecule has 6 heteroatoms. The highest BCUT2D eigenvalue weighted by molar-refractivity contribution is 5.74. The predicted octanol–water partition coefficient (Wildman–Crippen LogP) is 2.84. The van der Waals surface area contributed by atoms with Crippen molar-refractivity contribution in [1.29, 1.82) is 0 Å². The van der Waals surface area contributed by atoms with Crippen molar-refractivity contribution in [1.82, 2.24) is 10.2 Å². The molecule has 122 valence electrons. The number of rotatable bonds is 5. The maximum absolute atomic E-state index is 13.3. The molecule has 1 heterocycles. The van der Waals surface area contributed by atoms with E-state index in [9.17, 15) is 13.6 Å². The SMILES string of the molecule is CCN(CC)C(=O)NCC1CCN(c2ccc(F)c(F)c2)C1. The van der Waals surface area contributed by atoms with Crippen LogP contribution in [0.15, 0.2) is 18.2 Å². The van der Waals surface area contributed by atoms with Crippen molar-refractivity contribution < 1.29 is 13.6 Å². The summed E-state index contributed by atoms with van der Waals surface area (Å²) in [7, 11) is 0. The van der Waals surface area contributed by atoms with Gasteiger partial charge in [-0.25, -0.2) is 13.6 Å². The summed E-state index contributed by atoms with van der Waals surface area (Å²) in [4.78, 5) is 15.7. The van der Waals surface area contributed by atoms with E-state index in [0.717, 1.165) is 25.6 Å². The molecule has 1 saturated heterocycles. The lowest BCUT2D eigenvalue weighted by Crippen LogP contribution is -2.42. The third kappa shape index (κ3) is 3.87. The highest BCUT2D eigenvalue weighted by Gasteiger charge is 2.24. The first-order valence-electron chi connectivity index (χ1n) is 7.77. The summed E-state index contributed by atoms with van der Waals surface area (Å²) < 4.78 is 26.3. The van der Waals surface area contributed by atoms with Crippen LogP contribution in [0.3, 0.4) is 0 Å². The molecule has 1 atom stereocenters. The number of carbonyl (C=O) groups excluding carboxylic acids is 1. The van der Waals surface area contributed by atoms with Gasteiger partial charge in [-0.05, 0) is 38.3 Å². The number of amides is 2. The molecule has 1 aliphatic heterocycles. The van der Waals surface area contributed by atoms with E-state index in [1.165, 1.54) is 6.07 Å². The molecule has 0 saturated carbocycles. The molecule has 2 amide bonds. The average molecular weight is 311 g/mol. The van der Waals surface area contributed by atoms with E-state index in [4.69, 9.17) is 0 Å². The molecule has 2 rings (SSSR count). The number of carbonyl (C=O) groups is 1. The van der Waals surface area contributed by atoms with Crippen LogP contribution in [-0.2, 0) is 0 Å². The Morgan fingerprint density at radius 2 is 2.05 bits per heavy atom. The van der Waals surface area contributed by atoms with E-state index < -0.39 is 11.6 Å².